The molecular weight excluding hydrogens is 359 g/mol. The third-order valence-electron chi connectivity index (χ3n) is 3.91. The molecule has 1 aromatic heterocycles. The zero-order valence-corrected chi connectivity index (χ0v) is 14.1. The summed E-state index contributed by atoms with van der Waals surface area (Å²) in [5.41, 5.74) is -0.468. The lowest BCUT2D eigenvalue weighted by Gasteiger charge is -2.33. The van der Waals surface area contributed by atoms with Gasteiger partial charge in [0.25, 0.3) is 5.91 Å². The summed E-state index contributed by atoms with van der Waals surface area (Å²) in [4.78, 5) is 14.2. The largest absolute Gasteiger partial charge is 0.416 e. The van der Waals surface area contributed by atoms with Crippen LogP contribution in [-0.4, -0.2) is 51.5 Å². The van der Waals surface area contributed by atoms with Crippen LogP contribution in [0.1, 0.15) is 23.0 Å². The number of piperazine rings is 1. The maximum Gasteiger partial charge on any atom is 0.416 e. The third kappa shape index (κ3) is 4.10. The van der Waals surface area contributed by atoms with Gasteiger partial charge < -0.3 is 10.2 Å². The highest BCUT2D eigenvalue weighted by atomic mass is 35.5. The number of carbonyl (C=O) groups is 1. The minimum absolute atomic E-state index is 0. The number of amides is 1. The highest BCUT2D eigenvalue weighted by Gasteiger charge is 2.31. The van der Waals surface area contributed by atoms with E-state index in [2.05, 4.69) is 15.6 Å². The molecule has 0 aliphatic carbocycles. The first-order valence-electron chi connectivity index (χ1n) is 7.48. The van der Waals surface area contributed by atoms with Gasteiger partial charge in [0.05, 0.1) is 17.4 Å². The normalized spacial score (nSPS) is 17.9. The van der Waals surface area contributed by atoms with Crippen molar-refractivity contribution < 1.29 is 18.0 Å². The van der Waals surface area contributed by atoms with Crippen molar-refractivity contribution in [1.82, 2.24) is 25.2 Å². The molecule has 136 valence electrons. The van der Waals surface area contributed by atoms with Crippen LogP contribution < -0.4 is 5.32 Å². The van der Waals surface area contributed by atoms with E-state index in [1.165, 1.54) is 23.0 Å². The molecule has 2 heterocycles. The van der Waals surface area contributed by atoms with Crippen molar-refractivity contribution in [2.45, 2.75) is 19.1 Å². The van der Waals surface area contributed by atoms with Gasteiger partial charge >= 0.3 is 6.18 Å². The Labute approximate surface area is 148 Å². The van der Waals surface area contributed by atoms with Crippen LogP contribution in [0.2, 0.25) is 0 Å². The van der Waals surface area contributed by atoms with Gasteiger partial charge in [-0.1, -0.05) is 11.3 Å². The van der Waals surface area contributed by atoms with Crippen molar-refractivity contribution in [2.75, 3.05) is 19.6 Å². The van der Waals surface area contributed by atoms with Gasteiger partial charge in [-0.25, -0.2) is 4.68 Å². The van der Waals surface area contributed by atoms with Gasteiger partial charge in [-0.15, -0.1) is 17.5 Å². The van der Waals surface area contributed by atoms with E-state index in [4.69, 9.17) is 0 Å². The van der Waals surface area contributed by atoms with E-state index in [1.54, 1.807) is 4.90 Å². The minimum Gasteiger partial charge on any atom is -0.332 e. The smallest absolute Gasteiger partial charge is 0.332 e. The Morgan fingerprint density at radius 1 is 1.36 bits per heavy atom. The summed E-state index contributed by atoms with van der Waals surface area (Å²) in [5, 5.41) is 10.8. The van der Waals surface area contributed by atoms with Gasteiger partial charge in [-0.2, -0.15) is 13.2 Å². The fraction of sp³-hybridized carbons (Fsp3) is 0.400. The SMILES string of the molecule is C[C@H]1CNCCN1C(=O)c1cn(-c2cccc(C(F)(F)F)c2)nn1.Cl. The Morgan fingerprint density at radius 2 is 2.12 bits per heavy atom. The van der Waals surface area contributed by atoms with Gasteiger partial charge in [-0.05, 0) is 25.1 Å². The van der Waals surface area contributed by atoms with E-state index in [9.17, 15) is 18.0 Å². The number of alkyl halides is 3. The minimum atomic E-state index is -4.44. The molecule has 2 aromatic rings. The average Bonchev–Trinajstić information content (AvgIpc) is 3.04. The number of benzene rings is 1. The van der Waals surface area contributed by atoms with Gasteiger partial charge in [-0.3, -0.25) is 4.79 Å². The monoisotopic (exact) mass is 375 g/mol. The van der Waals surface area contributed by atoms with Crippen LogP contribution in [0.5, 0.6) is 0 Å². The Balaban J connectivity index is 0.00000225. The summed E-state index contributed by atoms with van der Waals surface area (Å²) in [6.07, 6.45) is -3.09. The Morgan fingerprint density at radius 3 is 2.80 bits per heavy atom. The standard InChI is InChI=1S/C15H16F3N5O.ClH/c1-10-8-19-5-6-22(10)14(24)13-9-23(21-20-13)12-4-2-3-11(7-12)15(16,17)18;/h2-4,7,9-10,19H,5-6,8H2,1H3;1H/t10-;/m0./s1. The summed E-state index contributed by atoms with van der Waals surface area (Å²) in [6, 6.07) is 4.74. The van der Waals surface area contributed by atoms with Crippen LogP contribution in [0.15, 0.2) is 30.5 Å². The lowest BCUT2D eigenvalue weighted by molar-refractivity contribution is -0.137. The zero-order chi connectivity index (χ0) is 17.3. The van der Waals surface area contributed by atoms with Crippen molar-refractivity contribution in [2.24, 2.45) is 0 Å². The van der Waals surface area contributed by atoms with Crippen LogP contribution in [0.3, 0.4) is 0 Å². The van der Waals surface area contributed by atoms with Crippen LogP contribution in [-0.2, 0) is 6.18 Å². The Bertz CT molecular complexity index is 749. The Hall–Kier alpha value is -2.13. The molecule has 6 nitrogen and oxygen atoms in total. The molecule has 0 unspecified atom stereocenters. The summed E-state index contributed by atoms with van der Waals surface area (Å²) >= 11 is 0. The molecule has 1 fully saturated rings. The summed E-state index contributed by atoms with van der Waals surface area (Å²) < 4.78 is 39.5. The van der Waals surface area contributed by atoms with Gasteiger partial charge in [0.15, 0.2) is 5.69 Å². The summed E-state index contributed by atoms with van der Waals surface area (Å²) in [5.74, 6) is -0.276. The first-order chi connectivity index (χ1) is 11.4. The fourth-order valence-electron chi connectivity index (χ4n) is 2.60. The quantitative estimate of drug-likeness (QED) is 0.873. The summed E-state index contributed by atoms with van der Waals surface area (Å²) in [7, 11) is 0. The van der Waals surface area contributed by atoms with Gasteiger partial charge in [0.1, 0.15) is 0 Å². The van der Waals surface area contributed by atoms with E-state index < -0.39 is 11.7 Å². The van der Waals surface area contributed by atoms with Crippen LogP contribution in [0, 0.1) is 0 Å². The number of aromatic nitrogens is 3. The van der Waals surface area contributed by atoms with Crippen LogP contribution >= 0.6 is 12.4 Å². The zero-order valence-electron chi connectivity index (χ0n) is 13.3. The number of nitrogens with one attached hydrogen (secondary N) is 1. The molecule has 0 saturated carbocycles. The average molecular weight is 376 g/mol. The molecule has 0 bridgehead atoms. The number of hydrogen-bond acceptors (Lipinski definition) is 4. The maximum absolute atomic E-state index is 12.8. The lowest BCUT2D eigenvalue weighted by atomic mass is 10.2. The highest BCUT2D eigenvalue weighted by molar-refractivity contribution is 5.92. The highest BCUT2D eigenvalue weighted by Crippen LogP contribution is 2.30. The number of nitrogens with zero attached hydrogens (tertiary/aromatic N) is 4. The van der Waals surface area contributed by atoms with Crippen molar-refractivity contribution in [3.05, 3.63) is 41.7 Å². The van der Waals surface area contributed by atoms with Crippen molar-refractivity contribution in [3.63, 3.8) is 0 Å². The van der Waals surface area contributed by atoms with Gasteiger partial charge in [0.2, 0.25) is 0 Å². The molecule has 1 aliphatic rings. The topological polar surface area (TPSA) is 63.1 Å². The molecule has 0 spiro atoms. The van der Waals surface area contributed by atoms with E-state index in [0.29, 0.717) is 19.6 Å². The van der Waals surface area contributed by atoms with E-state index in [0.717, 1.165) is 12.1 Å². The predicted molar refractivity (Wildman–Crippen MR) is 87.0 cm³/mol. The maximum atomic E-state index is 12.8. The second-order valence-corrected chi connectivity index (χ2v) is 5.65. The first-order valence-corrected chi connectivity index (χ1v) is 7.48. The number of hydrogen-bond donors (Lipinski definition) is 1. The summed E-state index contributed by atoms with van der Waals surface area (Å²) in [6.45, 7) is 3.85. The molecule has 1 amide bonds. The van der Waals surface area contributed by atoms with Crippen LogP contribution in [0.25, 0.3) is 5.69 Å². The molecule has 1 N–H and O–H groups in total. The number of halogens is 4. The third-order valence-corrected chi connectivity index (χ3v) is 3.91. The van der Waals surface area contributed by atoms with E-state index in [1.807, 2.05) is 6.92 Å². The molecule has 25 heavy (non-hydrogen) atoms. The van der Waals surface area contributed by atoms with E-state index in [-0.39, 0.29) is 35.7 Å². The molecule has 1 atom stereocenters. The second kappa shape index (κ2) is 7.40. The van der Waals surface area contributed by atoms with Crippen molar-refractivity contribution in [1.29, 1.82) is 0 Å². The van der Waals surface area contributed by atoms with Crippen molar-refractivity contribution >= 4 is 18.3 Å². The number of carbonyl (C=O) groups excluding carboxylic acids is 1. The number of rotatable bonds is 2. The molecule has 10 heteroatoms. The molecule has 0 radical (unpaired) electrons. The van der Waals surface area contributed by atoms with Crippen LogP contribution in [0.4, 0.5) is 13.2 Å². The molecule has 1 aromatic carbocycles. The lowest BCUT2D eigenvalue weighted by Crippen LogP contribution is -2.52. The molecule has 1 saturated heterocycles. The second-order valence-electron chi connectivity index (χ2n) is 5.65. The molecule has 1 aliphatic heterocycles. The molecule has 3 rings (SSSR count). The van der Waals surface area contributed by atoms with Gasteiger partial charge in [0, 0.05) is 25.7 Å². The van der Waals surface area contributed by atoms with E-state index >= 15 is 0 Å². The Kier molecular flexibility index (Phi) is 5.69. The van der Waals surface area contributed by atoms with Crippen molar-refractivity contribution in [3.8, 4) is 5.69 Å². The fourth-order valence-corrected chi connectivity index (χ4v) is 2.60. The molecular formula is C15H17ClF3N5O. The first kappa shape index (κ1) is 19.2. The predicted octanol–water partition coefficient (Wildman–Crippen LogP) is 2.14.